The van der Waals surface area contributed by atoms with Crippen LogP contribution in [0.2, 0.25) is 0 Å². The lowest BCUT2D eigenvalue weighted by molar-refractivity contribution is -0.384. The number of non-ortho nitro benzene ring substituents is 1. The Hall–Kier alpha value is -2.37. The molecule has 100 valence electrons. The van der Waals surface area contributed by atoms with E-state index in [1.54, 1.807) is 13.0 Å². The lowest BCUT2D eigenvalue weighted by atomic mass is 10.0. The molecule has 0 radical (unpaired) electrons. The van der Waals surface area contributed by atoms with Crippen molar-refractivity contribution < 1.29 is 14.5 Å². The number of benzene rings is 1. The molecule has 0 aliphatic carbocycles. The number of fused-ring (bicyclic) bond motifs is 1. The highest BCUT2D eigenvalue weighted by molar-refractivity contribution is 5.90. The maximum Gasteiger partial charge on any atom is 0.335 e. The summed E-state index contributed by atoms with van der Waals surface area (Å²) in [5, 5.41) is 13.8. The van der Waals surface area contributed by atoms with Crippen molar-refractivity contribution in [3.63, 3.8) is 0 Å². The van der Waals surface area contributed by atoms with Crippen molar-refractivity contribution in [3.8, 4) is 0 Å². The highest BCUT2D eigenvalue weighted by Gasteiger charge is 2.28. The van der Waals surface area contributed by atoms with Crippen LogP contribution in [-0.2, 0) is 16.0 Å². The molecule has 0 bridgehead atoms. The first-order valence-corrected chi connectivity index (χ1v) is 5.92. The largest absolute Gasteiger partial charge is 0.463 e. The Balaban J connectivity index is 2.14. The molecule has 1 aliphatic rings. The first-order valence-electron chi connectivity index (χ1n) is 5.92. The van der Waals surface area contributed by atoms with Gasteiger partial charge in [0.15, 0.2) is 0 Å². The van der Waals surface area contributed by atoms with Gasteiger partial charge in [-0.15, -0.1) is 0 Å². The number of nitrogens with zero attached hydrogens (tertiary/aromatic N) is 1. The molecule has 1 N–H and O–H groups in total. The van der Waals surface area contributed by atoms with Gasteiger partial charge in [-0.05, 0) is 25.0 Å². The van der Waals surface area contributed by atoms with Crippen molar-refractivity contribution in [1.29, 1.82) is 0 Å². The van der Waals surface area contributed by atoms with E-state index in [1.165, 1.54) is 12.1 Å². The second-order valence-electron chi connectivity index (χ2n) is 4.25. The van der Waals surface area contributed by atoms with Gasteiger partial charge in [0, 0.05) is 17.8 Å². The number of hydrogen-bond donors (Lipinski definition) is 1. The average molecular weight is 262 g/mol. The van der Waals surface area contributed by atoms with Crippen molar-refractivity contribution >= 4 is 17.3 Å². The summed E-state index contributed by atoms with van der Waals surface area (Å²) in [6, 6.07) is 4.32. The minimum Gasteiger partial charge on any atom is -0.463 e. The average Bonchev–Trinajstić information content (AvgIpc) is 2.80. The molecule has 0 saturated carbocycles. The fourth-order valence-electron chi connectivity index (χ4n) is 2.04. The zero-order valence-corrected chi connectivity index (χ0v) is 10.5. The number of rotatable bonds is 4. The standard InChI is InChI=1S/C13H14N2O4/c1-3-19-13(16)8(2)12-7-9-6-10(15(17)18)4-5-11(9)14-12/h4-6,12,14H,2-3,7H2,1H3. The summed E-state index contributed by atoms with van der Waals surface area (Å²) in [6.07, 6.45) is 0.495. The van der Waals surface area contributed by atoms with Gasteiger partial charge in [-0.3, -0.25) is 10.1 Å². The van der Waals surface area contributed by atoms with Crippen LogP contribution in [0.1, 0.15) is 12.5 Å². The number of nitrogens with one attached hydrogen (secondary N) is 1. The first-order chi connectivity index (χ1) is 9.02. The fraction of sp³-hybridized carbons (Fsp3) is 0.308. The van der Waals surface area contributed by atoms with E-state index in [0.717, 1.165) is 11.3 Å². The normalized spacial score (nSPS) is 16.4. The predicted molar refractivity (Wildman–Crippen MR) is 70.0 cm³/mol. The van der Waals surface area contributed by atoms with E-state index in [1.807, 2.05) is 0 Å². The van der Waals surface area contributed by atoms with E-state index >= 15 is 0 Å². The molecule has 6 heteroatoms. The molecule has 2 rings (SSSR count). The highest BCUT2D eigenvalue weighted by Crippen LogP contribution is 2.31. The number of anilines is 1. The molecular weight excluding hydrogens is 248 g/mol. The summed E-state index contributed by atoms with van der Waals surface area (Å²) in [4.78, 5) is 21.9. The molecule has 0 aromatic heterocycles. The molecule has 1 heterocycles. The maximum atomic E-state index is 11.6. The number of esters is 1. The third-order valence-electron chi connectivity index (χ3n) is 3.01. The van der Waals surface area contributed by atoms with Gasteiger partial charge < -0.3 is 10.1 Å². The van der Waals surface area contributed by atoms with Crippen molar-refractivity contribution in [1.82, 2.24) is 0 Å². The second-order valence-corrected chi connectivity index (χ2v) is 4.25. The van der Waals surface area contributed by atoms with E-state index < -0.39 is 10.9 Å². The Morgan fingerprint density at radius 1 is 1.63 bits per heavy atom. The van der Waals surface area contributed by atoms with Gasteiger partial charge in [0.25, 0.3) is 5.69 Å². The maximum absolute atomic E-state index is 11.6. The highest BCUT2D eigenvalue weighted by atomic mass is 16.6. The van der Waals surface area contributed by atoms with E-state index in [0.29, 0.717) is 18.6 Å². The van der Waals surface area contributed by atoms with Crippen LogP contribution in [0.5, 0.6) is 0 Å². The SMILES string of the molecule is C=C(C(=O)OCC)C1Cc2cc([N+](=O)[O-])ccc2N1. The Morgan fingerprint density at radius 3 is 3.00 bits per heavy atom. The van der Waals surface area contributed by atoms with Crippen molar-refractivity contribution in [2.45, 2.75) is 19.4 Å². The molecule has 0 spiro atoms. The molecule has 0 amide bonds. The number of nitro groups is 1. The monoisotopic (exact) mass is 262 g/mol. The molecule has 19 heavy (non-hydrogen) atoms. The lowest BCUT2D eigenvalue weighted by Crippen LogP contribution is -2.24. The Bertz CT molecular complexity index is 554. The van der Waals surface area contributed by atoms with Crippen LogP contribution in [0.25, 0.3) is 0 Å². The number of carbonyl (C=O) groups excluding carboxylic acids is 1. The van der Waals surface area contributed by atoms with Gasteiger partial charge in [-0.25, -0.2) is 4.79 Å². The van der Waals surface area contributed by atoms with Gasteiger partial charge in [-0.1, -0.05) is 6.58 Å². The summed E-state index contributed by atoms with van der Waals surface area (Å²) in [5.74, 6) is -0.442. The molecule has 1 aromatic carbocycles. The number of carbonyl (C=O) groups is 1. The topological polar surface area (TPSA) is 81.5 Å². The van der Waals surface area contributed by atoms with Crippen LogP contribution in [-0.4, -0.2) is 23.5 Å². The van der Waals surface area contributed by atoms with Gasteiger partial charge in [0.1, 0.15) is 0 Å². The molecular formula is C13H14N2O4. The van der Waals surface area contributed by atoms with Gasteiger partial charge in [0.05, 0.1) is 23.1 Å². The van der Waals surface area contributed by atoms with Crippen molar-refractivity contribution in [3.05, 3.63) is 46.0 Å². The molecule has 0 saturated heterocycles. The minimum atomic E-state index is -0.442. The van der Waals surface area contributed by atoms with Crippen LogP contribution < -0.4 is 5.32 Å². The van der Waals surface area contributed by atoms with Gasteiger partial charge in [-0.2, -0.15) is 0 Å². The van der Waals surface area contributed by atoms with E-state index in [9.17, 15) is 14.9 Å². The van der Waals surface area contributed by atoms with E-state index in [4.69, 9.17) is 4.74 Å². The molecule has 1 unspecified atom stereocenters. The van der Waals surface area contributed by atoms with Crippen molar-refractivity contribution in [2.24, 2.45) is 0 Å². The predicted octanol–water partition coefficient (Wildman–Crippen LogP) is 2.05. The number of ether oxygens (including phenoxy) is 1. The Labute approximate surface area is 110 Å². The quantitative estimate of drug-likeness (QED) is 0.388. The Kier molecular flexibility index (Phi) is 3.50. The zero-order chi connectivity index (χ0) is 14.0. The first kappa shape index (κ1) is 13.1. The zero-order valence-electron chi connectivity index (χ0n) is 10.5. The summed E-state index contributed by atoms with van der Waals surface area (Å²) < 4.78 is 4.89. The molecule has 1 atom stereocenters. The summed E-state index contributed by atoms with van der Waals surface area (Å²) in [6.45, 7) is 5.75. The molecule has 6 nitrogen and oxygen atoms in total. The van der Waals surface area contributed by atoms with Gasteiger partial charge >= 0.3 is 5.97 Å². The third-order valence-corrected chi connectivity index (χ3v) is 3.01. The molecule has 1 aromatic rings. The Morgan fingerprint density at radius 2 is 2.37 bits per heavy atom. The number of nitro benzene ring substituents is 1. The van der Waals surface area contributed by atoms with Crippen LogP contribution in [0, 0.1) is 10.1 Å². The van der Waals surface area contributed by atoms with Gasteiger partial charge in [0.2, 0.25) is 0 Å². The summed E-state index contributed by atoms with van der Waals surface area (Å²) in [5.41, 5.74) is 1.98. The summed E-state index contributed by atoms with van der Waals surface area (Å²) >= 11 is 0. The van der Waals surface area contributed by atoms with Crippen LogP contribution in [0.4, 0.5) is 11.4 Å². The molecule has 1 aliphatic heterocycles. The number of hydrogen-bond acceptors (Lipinski definition) is 5. The van der Waals surface area contributed by atoms with Crippen LogP contribution in [0.15, 0.2) is 30.4 Å². The second kappa shape index (κ2) is 5.09. The lowest BCUT2D eigenvalue weighted by Gasteiger charge is -2.13. The summed E-state index contributed by atoms with van der Waals surface area (Å²) in [7, 11) is 0. The van der Waals surface area contributed by atoms with E-state index in [-0.39, 0.29) is 11.7 Å². The smallest absolute Gasteiger partial charge is 0.335 e. The minimum absolute atomic E-state index is 0.0444. The van der Waals surface area contributed by atoms with Crippen LogP contribution >= 0.6 is 0 Å². The molecule has 0 fully saturated rings. The fourth-order valence-corrected chi connectivity index (χ4v) is 2.04. The van der Waals surface area contributed by atoms with E-state index in [2.05, 4.69) is 11.9 Å². The van der Waals surface area contributed by atoms with Crippen LogP contribution in [0.3, 0.4) is 0 Å². The third kappa shape index (κ3) is 2.57. The van der Waals surface area contributed by atoms with Crippen molar-refractivity contribution in [2.75, 3.05) is 11.9 Å².